The lowest BCUT2D eigenvalue weighted by Crippen LogP contribution is -2.30. The molecule has 0 atom stereocenters. The predicted molar refractivity (Wildman–Crippen MR) is 57.2 cm³/mol. The minimum absolute atomic E-state index is 0.0208. The van der Waals surface area contributed by atoms with Crippen molar-refractivity contribution in [2.75, 3.05) is 39.9 Å². The van der Waals surface area contributed by atoms with Crippen LogP contribution in [0.25, 0.3) is 0 Å². The maximum atomic E-state index is 10.6. The fourth-order valence-electron chi connectivity index (χ4n) is 0.827. The lowest BCUT2D eigenvalue weighted by molar-refractivity contribution is -0.124. The van der Waals surface area contributed by atoms with Gasteiger partial charge in [0.25, 0.3) is 0 Å². The Balaban J connectivity index is 0.000000249. The summed E-state index contributed by atoms with van der Waals surface area (Å²) in [7, 11) is 1.74. The summed E-state index contributed by atoms with van der Waals surface area (Å²) in [4.78, 5) is 12.1. The third kappa shape index (κ3) is 6.62. The van der Waals surface area contributed by atoms with E-state index >= 15 is 0 Å². The van der Waals surface area contributed by atoms with E-state index in [1.165, 1.54) is 6.08 Å². The van der Waals surface area contributed by atoms with Gasteiger partial charge in [0, 0.05) is 26.7 Å². The second-order valence-corrected chi connectivity index (χ2v) is 2.92. The number of likely N-dealkylation sites (N-methyl/N-ethyl adjacent to an activating group) is 1. The molecule has 1 heterocycles. The molecule has 1 fully saturated rings. The van der Waals surface area contributed by atoms with Crippen molar-refractivity contribution in [2.45, 2.75) is 6.92 Å². The van der Waals surface area contributed by atoms with Crippen molar-refractivity contribution in [1.82, 2.24) is 10.2 Å². The van der Waals surface area contributed by atoms with Gasteiger partial charge in [-0.05, 0) is 13.0 Å². The van der Waals surface area contributed by atoms with Crippen molar-refractivity contribution in [3.8, 4) is 0 Å². The van der Waals surface area contributed by atoms with Crippen molar-refractivity contribution < 1.29 is 9.53 Å². The Hall–Kier alpha value is -0.870. The number of rotatable bonds is 2. The van der Waals surface area contributed by atoms with E-state index in [0.717, 1.165) is 32.8 Å². The van der Waals surface area contributed by atoms with Crippen LogP contribution < -0.4 is 5.32 Å². The molecule has 0 aromatic heterocycles. The first-order valence-corrected chi connectivity index (χ1v) is 4.88. The summed E-state index contributed by atoms with van der Waals surface area (Å²) in [5.74, 6) is -0.0208. The molecule has 0 aromatic carbocycles. The number of hydrogen-bond donors (Lipinski definition) is 1. The van der Waals surface area contributed by atoms with Crippen LogP contribution in [0, 0.1) is 0 Å². The maximum Gasteiger partial charge on any atom is 0.245 e. The second-order valence-electron chi connectivity index (χ2n) is 2.92. The van der Waals surface area contributed by atoms with Crippen LogP contribution in [-0.2, 0) is 9.53 Å². The van der Waals surface area contributed by atoms with Crippen LogP contribution >= 0.6 is 0 Å². The number of carbonyl (C=O) groups excluding carboxylic acids is 1. The van der Waals surface area contributed by atoms with E-state index in [-0.39, 0.29) is 5.91 Å². The van der Waals surface area contributed by atoms with Crippen LogP contribution in [0.3, 0.4) is 0 Å². The molecule has 1 N–H and O–H groups in total. The van der Waals surface area contributed by atoms with Gasteiger partial charge in [0.05, 0.1) is 13.2 Å². The highest BCUT2D eigenvalue weighted by atomic mass is 16.5. The van der Waals surface area contributed by atoms with E-state index in [1.54, 1.807) is 11.9 Å². The SMILES string of the molecule is C1COCCN1.C=CC(=O)N(C)CC. The Morgan fingerprint density at radius 1 is 1.57 bits per heavy atom. The van der Waals surface area contributed by atoms with E-state index in [0.29, 0.717) is 0 Å². The van der Waals surface area contributed by atoms with Crippen molar-refractivity contribution in [3.63, 3.8) is 0 Å². The molecule has 1 aliphatic heterocycles. The van der Waals surface area contributed by atoms with Gasteiger partial charge in [0.1, 0.15) is 0 Å². The van der Waals surface area contributed by atoms with Gasteiger partial charge in [-0.2, -0.15) is 0 Å². The van der Waals surface area contributed by atoms with Crippen LogP contribution in [-0.4, -0.2) is 50.7 Å². The molecule has 0 aliphatic carbocycles. The van der Waals surface area contributed by atoms with Gasteiger partial charge in [-0.3, -0.25) is 4.79 Å². The number of hydrogen-bond acceptors (Lipinski definition) is 3. The fourth-order valence-corrected chi connectivity index (χ4v) is 0.827. The first-order chi connectivity index (χ1) is 6.72. The van der Waals surface area contributed by atoms with Gasteiger partial charge in [0.15, 0.2) is 0 Å². The molecule has 1 aliphatic rings. The molecular weight excluding hydrogens is 180 g/mol. The van der Waals surface area contributed by atoms with Crippen molar-refractivity contribution in [1.29, 1.82) is 0 Å². The summed E-state index contributed by atoms with van der Waals surface area (Å²) in [6, 6.07) is 0. The van der Waals surface area contributed by atoms with Gasteiger partial charge in [-0.15, -0.1) is 0 Å². The highest BCUT2D eigenvalue weighted by Crippen LogP contribution is 1.81. The first kappa shape index (κ1) is 13.1. The molecule has 0 saturated carbocycles. The van der Waals surface area contributed by atoms with E-state index in [1.807, 2.05) is 6.92 Å². The summed E-state index contributed by atoms with van der Waals surface area (Å²) < 4.78 is 5.01. The molecule has 0 aromatic rings. The largest absolute Gasteiger partial charge is 0.379 e. The van der Waals surface area contributed by atoms with Crippen LogP contribution in [0.4, 0.5) is 0 Å². The zero-order valence-electron chi connectivity index (χ0n) is 9.08. The fraction of sp³-hybridized carbons (Fsp3) is 0.700. The Bertz CT molecular complexity index is 156. The number of nitrogens with one attached hydrogen (secondary N) is 1. The summed E-state index contributed by atoms with van der Waals surface area (Å²) >= 11 is 0. The molecule has 0 radical (unpaired) electrons. The summed E-state index contributed by atoms with van der Waals surface area (Å²) in [5.41, 5.74) is 0. The predicted octanol–water partition coefficient (Wildman–Crippen LogP) is 0.257. The Morgan fingerprint density at radius 3 is 2.29 bits per heavy atom. The number of morpholine rings is 1. The quantitative estimate of drug-likeness (QED) is 0.650. The van der Waals surface area contributed by atoms with Crippen molar-refractivity contribution >= 4 is 5.91 Å². The molecule has 4 heteroatoms. The zero-order chi connectivity index (χ0) is 10.8. The Labute approximate surface area is 85.9 Å². The van der Waals surface area contributed by atoms with Gasteiger partial charge in [0.2, 0.25) is 5.91 Å². The number of ether oxygens (including phenoxy) is 1. The van der Waals surface area contributed by atoms with Gasteiger partial charge in [-0.1, -0.05) is 6.58 Å². The van der Waals surface area contributed by atoms with E-state index in [9.17, 15) is 4.79 Å². The number of nitrogens with zero attached hydrogens (tertiary/aromatic N) is 1. The van der Waals surface area contributed by atoms with Crippen molar-refractivity contribution in [2.24, 2.45) is 0 Å². The lowest BCUT2D eigenvalue weighted by Gasteiger charge is -2.10. The van der Waals surface area contributed by atoms with Crippen LogP contribution in [0.1, 0.15) is 6.92 Å². The first-order valence-electron chi connectivity index (χ1n) is 4.88. The molecule has 4 nitrogen and oxygen atoms in total. The van der Waals surface area contributed by atoms with E-state index in [2.05, 4.69) is 11.9 Å². The summed E-state index contributed by atoms with van der Waals surface area (Å²) in [5, 5.41) is 3.16. The molecular formula is C10H20N2O2. The molecule has 1 saturated heterocycles. The molecule has 1 rings (SSSR count). The Kier molecular flexibility index (Phi) is 8.17. The molecule has 0 spiro atoms. The van der Waals surface area contributed by atoms with Gasteiger partial charge < -0.3 is 15.0 Å². The zero-order valence-corrected chi connectivity index (χ0v) is 9.08. The number of amides is 1. The average Bonchev–Trinajstić information content (AvgIpc) is 2.30. The average molecular weight is 200 g/mol. The van der Waals surface area contributed by atoms with Crippen LogP contribution in [0.5, 0.6) is 0 Å². The number of carbonyl (C=O) groups is 1. The third-order valence-corrected chi connectivity index (χ3v) is 1.87. The monoisotopic (exact) mass is 200 g/mol. The minimum atomic E-state index is -0.0208. The second kappa shape index (κ2) is 8.72. The lowest BCUT2D eigenvalue weighted by atomic mass is 10.5. The summed E-state index contributed by atoms with van der Waals surface area (Å²) in [6.07, 6.45) is 1.31. The smallest absolute Gasteiger partial charge is 0.245 e. The third-order valence-electron chi connectivity index (χ3n) is 1.87. The molecule has 0 bridgehead atoms. The van der Waals surface area contributed by atoms with E-state index in [4.69, 9.17) is 4.74 Å². The standard InChI is InChI=1S/C6H11NO.C4H9NO/c1-4-6(8)7(3)5-2;1-3-6-4-2-5-1/h4H,1,5H2,2-3H3;5H,1-4H2. The van der Waals surface area contributed by atoms with Gasteiger partial charge >= 0.3 is 0 Å². The maximum absolute atomic E-state index is 10.6. The highest BCUT2D eigenvalue weighted by molar-refractivity contribution is 5.86. The van der Waals surface area contributed by atoms with Crippen LogP contribution in [0.2, 0.25) is 0 Å². The minimum Gasteiger partial charge on any atom is -0.379 e. The highest BCUT2D eigenvalue weighted by Gasteiger charge is 1.96. The Morgan fingerprint density at radius 2 is 2.14 bits per heavy atom. The van der Waals surface area contributed by atoms with Gasteiger partial charge in [-0.25, -0.2) is 0 Å². The summed E-state index contributed by atoms with van der Waals surface area (Å²) in [6.45, 7) is 9.83. The van der Waals surface area contributed by atoms with E-state index < -0.39 is 0 Å². The van der Waals surface area contributed by atoms with Crippen LogP contribution in [0.15, 0.2) is 12.7 Å². The molecule has 82 valence electrons. The molecule has 0 unspecified atom stereocenters. The van der Waals surface area contributed by atoms with Crippen molar-refractivity contribution in [3.05, 3.63) is 12.7 Å². The molecule has 14 heavy (non-hydrogen) atoms. The molecule has 1 amide bonds. The normalized spacial score (nSPS) is 15.0. The topological polar surface area (TPSA) is 41.6 Å².